The number of nitrogens with one attached hydrogen (secondary N) is 2. The summed E-state index contributed by atoms with van der Waals surface area (Å²) in [4.78, 5) is 11.6. The third kappa shape index (κ3) is 7.53. The van der Waals surface area contributed by atoms with Gasteiger partial charge in [0.2, 0.25) is 5.91 Å². The molecule has 1 aromatic rings. The van der Waals surface area contributed by atoms with Gasteiger partial charge in [0.05, 0.1) is 11.4 Å². The Balaban J connectivity index is 0. The number of amides is 1. The molecule has 4 N–H and O–H groups in total. The molecule has 1 rings (SSSR count). The third-order valence-electron chi connectivity index (χ3n) is 2.31. The fourth-order valence-corrected chi connectivity index (χ4v) is 1.53. The van der Waals surface area contributed by atoms with Crippen LogP contribution >= 0.6 is 24.8 Å². The van der Waals surface area contributed by atoms with E-state index in [0.29, 0.717) is 30.8 Å². The van der Waals surface area contributed by atoms with Crippen molar-refractivity contribution in [1.29, 1.82) is 0 Å². The first kappa shape index (κ1) is 21.3. The van der Waals surface area contributed by atoms with Gasteiger partial charge in [-0.05, 0) is 45.0 Å². The van der Waals surface area contributed by atoms with Crippen molar-refractivity contribution in [3.05, 3.63) is 24.0 Å². The molecule has 0 heterocycles. The Labute approximate surface area is 131 Å². The number of carbonyl (C=O) groups is 1. The van der Waals surface area contributed by atoms with Crippen molar-refractivity contribution < 1.29 is 9.18 Å². The van der Waals surface area contributed by atoms with Crippen molar-refractivity contribution in [1.82, 2.24) is 0 Å². The van der Waals surface area contributed by atoms with Gasteiger partial charge >= 0.3 is 0 Å². The van der Waals surface area contributed by atoms with Crippen molar-refractivity contribution >= 4 is 42.1 Å². The van der Waals surface area contributed by atoms with Gasteiger partial charge in [0.25, 0.3) is 0 Å². The van der Waals surface area contributed by atoms with Crippen LogP contribution in [0.1, 0.15) is 26.7 Å². The van der Waals surface area contributed by atoms with Gasteiger partial charge in [-0.3, -0.25) is 4.79 Å². The number of rotatable bonds is 6. The van der Waals surface area contributed by atoms with Crippen molar-refractivity contribution in [3.8, 4) is 0 Å². The molecule has 0 fully saturated rings. The van der Waals surface area contributed by atoms with E-state index in [1.165, 1.54) is 12.1 Å². The Hall–Kier alpha value is -1.04. The maximum absolute atomic E-state index is 13.2. The van der Waals surface area contributed by atoms with Gasteiger partial charge in [0.15, 0.2) is 0 Å². The molecule has 1 amide bonds. The van der Waals surface area contributed by atoms with Gasteiger partial charge in [0, 0.05) is 12.5 Å². The van der Waals surface area contributed by atoms with Crippen LogP contribution in [0.2, 0.25) is 0 Å². The molecule has 0 radical (unpaired) electrons. The molecule has 0 aliphatic rings. The summed E-state index contributed by atoms with van der Waals surface area (Å²) in [5, 5.41) is 5.85. The van der Waals surface area contributed by atoms with Gasteiger partial charge in [-0.2, -0.15) is 0 Å². The Morgan fingerprint density at radius 3 is 2.50 bits per heavy atom. The maximum atomic E-state index is 13.2. The summed E-state index contributed by atoms with van der Waals surface area (Å²) in [5.74, 6) is -0.531. The highest BCUT2D eigenvalue weighted by Gasteiger charge is 2.08. The highest BCUT2D eigenvalue weighted by atomic mass is 35.5. The molecule has 0 atom stereocenters. The van der Waals surface area contributed by atoms with Crippen LogP contribution in [-0.4, -0.2) is 18.5 Å². The summed E-state index contributed by atoms with van der Waals surface area (Å²) in [6, 6.07) is 4.49. The quantitative estimate of drug-likeness (QED) is 0.752. The van der Waals surface area contributed by atoms with Crippen molar-refractivity contribution in [3.63, 3.8) is 0 Å². The lowest BCUT2D eigenvalue weighted by Gasteiger charge is -2.15. The molecular formula is C13H22Cl2FN3O. The van der Waals surface area contributed by atoms with Gasteiger partial charge in [-0.25, -0.2) is 4.39 Å². The number of halogens is 3. The highest BCUT2D eigenvalue weighted by Crippen LogP contribution is 2.23. The van der Waals surface area contributed by atoms with Crippen molar-refractivity contribution in [2.24, 2.45) is 5.73 Å². The SMILES string of the molecule is CC(C)Nc1ccc(F)cc1NC(=O)CCCN.Cl.Cl. The van der Waals surface area contributed by atoms with Crippen LogP contribution in [-0.2, 0) is 4.79 Å². The lowest BCUT2D eigenvalue weighted by molar-refractivity contribution is -0.116. The molecule has 0 spiro atoms. The van der Waals surface area contributed by atoms with Gasteiger partial charge in [-0.15, -0.1) is 24.8 Å². The summed E-state index contributed by atoms with van der Waals surface area (Å²) in [6.45, 7) is 4.42. The number of benzene rings is 1. The first-order valence-electron chi connectivity index (χ1n) is 6.09. The molecule has 0 saturated carbocycles. The number of hydrogen-bond donors (Lipinski definition) is 3. The first-order valence-corrected chi connectivity index (χ1v) is 6.09. The summed E-state index contributed by atoms with van der Waals surface area (Å²) in [5.41, 5.74) is 6.52. The van der Waals surface area contributed by atoms with E-state index in [4.69, 9.17) is 5.73 Å². The first-order chi connectivity index (χ1) is 8.52. The zero-order valence-corrected chi connectivity index (χ0v) is 13.2. The van der Waals surface area contributed by atoms with Crippen molar-refractivity contribution in [2.45, 2.75) is 32.7 Å². The minimum atomic E-state index is -0.376. The molecule has 4 nitrogen and oxygen atoms in total. The molecule has 0 aliphatic heterocycles. The topological polar surface area (TPSA) is 67.1 Å². The van der Waals surface area contributed by atoms with Crippen LogP contribution < -0.4 is 16.4 Å². The van der Waals surface area contributed by atoms with E-state index in [1.54, 1.807) is 6.07 Å². The molecule has 0 aromatic heterocycles. The molecule has 0 bridgehead atoms. The van der Waals surface area contributed by atoms with E-state index in [9.17, 15) is 9.18 Å². The van der Waals surface area contributed by atoms with E-state index in [2.05, 4.69) is 10.6 Å². The summed E-state index contributed by atoms with van der Waals surface area (Å²) in [7, 11) is 0. The van der Waals surface area contributed by atoms with Crippen LogP contribution in [0.25, 0.3) is 0 Å². The zero-order chi connectivity index (χ0) is 13.5. The molecule has 0 saturated heterocycles. The molecule has 1 aromatic carbocycles. The summed E-state index contributed by atoms with van der Waals surface area (Å²) >= 11 is 0. The van der Waals surface area contributed by atoms with Crippen LogP contribution in [0.15, 0.2) is 18.2 Å². The predicted molar refractivity (Wildman–Crippen MR) is 86.6 cm³/mol. The summed E-state index contributed by atoms with van der Waals surface area (Å²) in [6.07, 6.45) is 0.961. The summed E-state index contributed by atoms with van der Waals surface area (Å²) < 4.78 is 13.2. The Kier molecular flexibility index (Phi) is 11.4. The van der Waals surface area contributed by atoms with E-state index < -0.39 is 0 Å². The smallest absolute Gasteiger partial charge is 0.224 e. The van der Waals surface area contributed by atoms with Crippen LogP contribution in [0, 0.1) is 5.82 Å². The number of hydrogen-bond acceptors (Lipinski definition) is 3. The normalized spacial score (nSPS) is 9.45. The minimum Gasteiger partial charge on any atom is -0.381 e. The second-order valence-electron chi connectivity index (χ2n) is 4.43. The molecular weight excluding hydrogens is 304 g/mol. The third-order valence-corrected chi connectivity index (χ3v) is 2.31. The van der Waals surface area contributed by atoms with Crippen LogP contribution in [0.5, 0.6) is 0 Å². The van der Waals surface area contributed by atoms with Gasteiger partial charge in [-0.1, -0.05) is 0 Å². The monoisotopic (exact) mass is 325 g/mol. The maximum Gasteiger partial charge on any atom is 0.224 e. The molecule has 0 unspecified atom stereocenters. The fourth-order valence-electron chi connectivity index (χ4n) is 1.53. The average Bonchev–Trinajstić information content (AvgIpc) is 2.29. The molecule has 0 aliphatic carbocycles. The lowest BCUT2D eigenvalue weighted by Crippen LogP contribution is -2.17. The largest absolute Gasteiger partial charge is 0.381 e. The standard InChI is InChI=1S/C13H20FN3O.2ClH/c1-9(2)16-11-6-5-10(14)8-12(11)17-13(18)4-3-7-15;;/h5-6,8-9,16H,3-4,7,15H2,1-2H3,(H,17,18);2*1H. The van der Waals surface area contributed by atoms with Crippen molar-refractivity contribution in [2.75, 3.05) is 17.2 Å². The Morgan fingerprint density at radius 2 is 1.95 bits per heavy atom. The van der Waals surface area contributed by atoms with E-state index >= 15 is 0 Å². The van der Waals surface area contributed by atoms with Gasteiger partial charge in [0.1, 0.15) is 5.82 Å². The number of anilines is 2. The Morgan fingerprint density at radius 1 is 1.30 bits per heavy atom. The van der Waals surface area contributed by atoms with E-state index in [0.717, 1.165) is 0 Å². The number of carbonyl (C=O) groups excluding carboxylic acids is 1. The highest BCUT2D eigenvalue weighted by molar-refractivity contribution is 5.94. The molecule has 116 valence electrons. The van der Waals surface area contributed by atoms with E-state index in [1.807, 2.05) is 13.8 Å². The predicted octanol–water partition coefficient (Wildman–Crippen LogP) is 3.17. The Bertz CT molecular complexity index is 417. The fraction of sp³-hybridized carbons (Fsp3) is 0.462. The van der Waals surface area contributed by atoms with Crippen LogP contribution in [0.3, 0.4) is 0 Å². The second kappa shape index (κ2) is 10.7. The average molecular weight is 326 g/mol. The molecule has 7 heteroatoms. The number of nitrogens with two attached hydrogens (primary N) is 1. The van der Waals surface area contributed by atoms with E-state index in [-0.39, 0.29) is 42.6 Å². The lowest BCUT2D eigenvalue weighted by atomic mass is 10.2. The zero-order valence-electron chi connectivity index (χ0n) is 11.6. The second-order valence-corrected chi connectivity index (χ2v) is 4.43. The van der Waals surface area contributed by atoms with Crippen LogP contribution in [0.4, 0.5) is 15.8 Å². The molecule has 20 heavy (non-hydrogen) atoms. The minimum absolute atomic E-state index is 0. The van der Waals surface area contributed by atoms with Gasteiger partial charge < -0.3 is 16.4 Å².